The summed E-state index contributed by atoms with van der Waals surface area (Å²) in [7, 11) is 0. The molecule has 3 rings (SSSR count). The van der Waals surface area contributed by atoms with Gasteiger partial charge in [0.15, 0.2) is 11.5 Å². The number of aryl methyl sites for hydroxylation is 1. The molecule has 6 nitrogen and oxygen atoms in total. The number of anilines is 1. The molecular weight excluding hydrogens is 378 g/mol. The van der Waals surface area contributed by atoms with Crippen molar-refractivity contribution in [3.05, 3.63) is 65.4 Å². The van der Waals surface area contributed by atoms with Crippen LogP contribution in [0.3, 0.4) is 0 Å². The summed E-state index contributed by atoms with van der Waals surface area (Å²) in [5.74, 6) is -0.739. The summed E-state index contributed by atoms with van der Waals surface area (Å²) in [4.78, 5) is 12.4. The maximum Gasteiger partial charge on any atom is 0.435 e. The second kappa shape index (κ2) is 7.45. The number of alkyl halides is 3. The summed E-state index contributed by atoms with van der Waals surface area (Å²) >= 11 is 0. The van der Waals surface area contributed by atoms with Crippen LogP contribution in [0.5, 0.6) is 0 Å². The van der Waals surface area contributed by atoms with Gasteiger partial charge in [-0.05, 0) is 26.0 Å². The molecule has 28 heavy (non-hydrogen) atoms. The van der Waals surface area contributed by atoms with E-state index in [9.17, 15) is 22.4 Å². The van der Waals surface area contributed by atoms with Crippen LogP contribution >= 0.6 is 0 Å². The summed E-state index contributed by atoms with van der Waals surface area (Å²) in [6.45, 7) is 3.05. The summed E-state index contributed by atoms with van der Waals surface area (Å²) in [5, 5.41) is 10.1. The standard InChI is InChI=1S/C18H17F4N5O/c1-11-9-15(18(20,21)22)24-27(11)12(2)17(28)23-16-7-8-26(25-16)10-13-5-3-4-6-14(13)19/h3-9,12H,10H2,1-2H3,(H,23,25,28)/t12-/m1/s1. The predicted molar refractivity (Wildman–Crippen MR) is 93.0 cm³/mol. The van der Waals surface area contributed by atoms with E-state index in [0.717, 1.165) is 10.7 Å². The molecule has 1 atom stereocenters. The number of carbonyl (C=O) groups is 1. The summed E-state index contributed by atoms with van der Waals surface area (Å²) in [6, 6.07) is 7.66. The van der Waals surface area contributed by atoms with Crippen molar-refractivity contribution in [2.45, 2.75) is 32.6 Å². The Morgan fingerprint density at radius 2 is 1.93 bits per heavy atom. The van der Waals surface area contributed by atoms with Crippen LogP contribution in [0.2, 0.25) is 0 Å². The zero-order chi connectivity index (χ0) is 20.5. The van der Waals surface area contributed by atoms with Gasteiger partial charge >= 0.3 is 6.18 Å². The monoisotopic (exact) mass is 395 g/mol. The third-order valence-electron chi connectivity index (χ3n) is 4.14. The van der Waals surface area contributed by atoms with Gasteiger partial charge in [0.2, 0.25) is 5.91 Å². The highest BCUT2D eigenvalue weighted by Crippen LogP contribution is 2.29. The third-order valence-corrected chi connectivity index (χ3v) is 4.14. The largest absolute Gasteiger partial charge is 0.435 e. The van der Waals surface area contributed by atoms with E-state index in [1.165, 1.54) is 30.7 Å². The number of benzene rings is 1. The van der Waals surface area contributed by atoms with Crippen molar-refractivity contribution in [1.82, 2.24) is 19.6 Å². The number of nitrogens with zero attached hydrogens (tertiary/aromatic N) is 4. The van der Waals surface area contributed by atoms with Gasteiger partial charge < -0.3 is 5.32 Å². The van der Waals surface area contributed by atoms with E-state index in [0.29, 0.717) is 5.56 Å². The zero-order valence-electron chi connectivity index (χ0n) is 15.0. The van der Waals surface area contributed by atoms with E-state index in [-0.39, 0.29) is 23.9 Å². The molecule has 3 aromatic rings. The van der Waals surface area contributed by atoms with Gasteiger partial charge in [-0.3, -0.25) is 14.2 Å². The molecule has 0 aliphatic heterocycles. The smallest absolute Gasteiger partial charge is 0.307 e. The van der Waals surface area contributed by atoms with Crippen LogP contribution in [0.15, 0.2) is 42.6 Å². The highest BCUT2D eigenvalue weighted by molar-refractivity contribution is 5.92. The van der Waals surface area contributed by atoms with Crippen LogP contribution in [0, 0.1) is 12.7 Å². The Labute approximate surface area is 157 Å². The van der Waals surface area contributed by atoms with Crippen LogP contribution in [0.25, 0.3) is 0 Å². The van der Waals surface area contributed by atoms with Crippen molar-refractivity contribution >= 4 is 11.7 Å². The zero-order valence-corrected chi connectivity index (χ0v) is 15.0. The number of hydrogen-bond donors (Lipinski definition) is 1. The molecular formula is C18H17F4N5O. The predicted octanol–water partition coefficient (Wildman–Crippen LogP) is 3.79. The number of nitrogens with one attached hydrogen (secondary N) is 1. The first-order valence-electron chi connectivity index (χ1n) is 8.36. The maximum absolute atomic E-state index is 13.7. The normalized spacial score (nSPS) is 12.8. The second-order valence-corrected chi connectivity index (χ2v) is 6.27. The van der Waals surface area contributed by atoms with Crippen molar-refractivity contribution in [2.24, 2.45) is 0 Å². The number of hydrogen-bond acceptors (Lipinski definition) is 3. The van der Waals surface area contributed by atoms with E-state index < -0.39 is 23.8 Å². The SMILES string of the molecule is Cc1cc(C(F)(F)F)nn1[C@H](C)C(=O)Nc1ccn(Cc2ccccc2F)n1. The minimum Gasteiger partial charge on any atom is -0.307 e. The maximum atomic E-state index is 13.7. The number of carbonyl (C=O) groups excluding carboxylic acids is 1. The Morgan fingerprint density at radius 3 is 2.57 bits per heavy atom. The van der Waals surface area contributed by atoms with Crippen LogP contribution in [0.4, 0.5) is 23.4 Å². The molecule has 0 radical (unpaired) electrons. The van der Waals surface area contributed by atoms with Gasteiger partial charge in [0.05, 0.1) is 6.54 Å². The van der Waals surface area contributed by atoms with Gasteiger partial charge in [0.1, 0.15) is 11.9 Å². The van der Waals surface area contributed by atoms with Gasteiger partial charge in [-0.25, -0.2) is 4.39 Å². The fraction of sp³-hybridized carbons (Fsp3) is 0.278. The second-order valence-electron chi connectivity index (χ2n) is 6.27. The van der Waals surface area contributed by atoms with Crippen LogP contribution in [0.1, 0.15) is 29.9 Å². The molecule has 10 heteroatoms. The molecule has 2 heterocycles. The molecule has 1 aromatic carbocycles. The van der Waals surface area contributed by atoms with E-state index in [1.54, 1.807) is 24.4 Å². The van der Waals surface area contributed by atoms with Crippen LogP contribution in [-0.4, -0.2) is 25.5 Å². The van der Waals surface area contributed by atoms with Crippen LogP contribution in [-0.2, 0) is 17.5 Å². The summed E-state index contributed by atoms with van der Waals surface area (Å²) in [6.07, 6.45) is -3.02. The van der Waals surface area contributed by atoms with Crippen LogP contribution < -0.4 is 5.32 Å². The summed E-state index contributed by atoms with van der Waals surface area (Å²) < 4.78 is 54.5. The first-order valence-corrected chi connectivity index (χ1v) is 8.36. The minimum absolute atomic E-state index is 0.172. The Morgan fingerprint density at radius 1 is 1.21 bits per heavy atom. The van der Waals surface area contributed by atoms with Crippen molar-refractivity contribution in [2.75, 3.05) is 5.32 Å². The fourth-order valence-electron chi connectivity index (χ4n) is 2.68. The van der Waals surface area contributed by atoms with Gasteiger partial charge in [-0.15, -0.1) is 0 Å². The molecule has 0 bridgehead atoms. The van der Waals surface area contributed by atoms with Crippen molar-refractivity contribution in [3.63, 3.8) is 0 Å². The molecule has 0 unspecified atom stereocenters. The lowest BCUT2D eigenvalue weighted by atomic mass is 10.2. The third kappa shape index (κ3) is 4.21. The quantitative estimate of drug-likeness (QED) is 0.669. The molecule has 0 fully saturated rings. The fourth-order valence-corrected chi connectivity index (χ4v) is 2.68. The van der Waals surface area contributed by atoms with Gasteiger partial charge in [-0.1, -0.05) is 18.2 Å². The highest BCUT2D eigenvalue weighted by Gasteiger charge is 2.35. The van der Waals surface area contributed by atoms with Crippen molar-refractivity contribution in [1.29, 1.82) is 0 Å². The molecule has 1 amide bonds. The molecule has 0 aliphatic rings. The van der Waals surface area contributed by atoms with Crippen molar-refractivity contribution < 1.29 is 22.4 Å². The number of amides is 1. The molecule has 148 valence electrons. The molecule has 0 saturated heterocycles. The van der Waals surface area contributed by atoms with E-state index in [1.807, 2.05) is 0 Å². The molecule has 1 N–H and O–H groups in total. The van der Waals surface area contributed by atoms with Crippen molar-refractivity contribution in [3.8, 4) is 0 Å². The topological polar surface area (TPSA) is 64.7 Å². The average molecular weight is 395 g/mol. The highest BCUT2D eigenvalue weighted by atomic mass is 19.4. The average Bonchev–Trinajstić information content (AvgIpc) is 3.22. The van der Waals surface area contributed by atoms with Gasteiger partial charge in [-0.2, -0.15) is 23.4 Å². The lowest BCUT2D eigenvalue weighted by Gasteiger charge is -2.13. The number of aromatic nitrogens is 4. The van der Waals surface area contributed by atoms with Gasteiger partial charge in [0.25, 0.3) is 0 Å². The molecule has 0 aliphatic carbocycles. The first kappa shape index (κ1) is 19.6. The number of rotatable bonds is 5. The van der Waals surface area contributed by atoms with E-state index in [2.05, 4.69) is 15.5 Å². The molecule has 0 saturated carbocycles. The Bertz CT molecular complexity index is 992. The lowest BCUT2D eigenvalue weighted by molar-refractivity contribution is -0.141. The summed E-state index contributed by atoms with van der Waals surface area (Å²) in [5.41, 5.74) is -0.414. The Balaban J connectivity index is 1.69. The van der Waals surface area contributed by atoms with E-state index in [4.69, 9.17) is 0 Å². The van der Waals surface area contributed by atoms with E-state index >= 15 is 0 Å². The molecule has 2 aromatic heterocycles. The van der Waals surface area contributed by atoms with Gasteiger partial charge in [0, 0.05) is 23.5 Å². The molecule has 0 spiro atoms. The minimum atomic E-state index is -4.59. The lowest BCUT2D eigenvalue weighted by Crippen LogP contribution is -2.26. The first-order chi connectivity index (χ1) is 13.1. The Kier molecular flexibility index (Phi) is 5.21. The Hall–Kier alpha value is -3.17. The number of halogens is 4.